The van der Waals surface area contributed by atoms with E-state index in [1.807, 2.05) is 19.1 Å². The topological polar surface area (TPSA) is 96.5 Å². The maximum atomic E-state index is 12.3. The van der Waals surface area contributed by atoms with E-state index in [0.29, 0.717) is 36.4 Å². The Labute approximate surface area is 200 Å². The van der Waals surface area contributed by atoms with Gasteiger partial charge in [0, 0.05) is 24.8 Å². The quantitative estimate of drug-likeness (QED) is 0.472. The van der Waals surface area contributed by atoms with Gasteiger partial charge < -0.3 is 29.6 Å². The molecule has 1 aromatic carbocycles. The van der Waals surface area contributed by atoms with Crippen LogP contribution in [0.4, 0.5) is 10.5 Å². The Morgan fingerprint density at radius 1 is 1.15 bits per heavy atom. The normalized spacial score (nSPS) is 40.7. The first-order valence-corrected chi connectivity index (χ1v) is 12.4. The highest BCUT2D eigenvalue weighted by Crippen LogP contribution is 2.60. The summed E-state index contributed by atoms with van der Waals surface area (Å²) in [7, 11) is 1.57. The number of carbonyl (C=O) groups is 1. The van der Waals surface area contributed by atoms with Gasteiger partial charge in [0.05, 0.1) is 19.4 Å². The number of benzene rings is 1. The molecule has 2 amide bonds. The van der Waals surface area contributed by atoms with E-state index in [-0.39, 0.29) is 17.9 Å². The second kappa shape index (κ2) is 9.28. The first-order valence-electron chi connectivity index (χ1n) is 12.4. The Hall–Kier alpha value is -1.91. The molecule has 4 heterocycles. The lowest BCUT2D eigenvalue weighted by molar-refractivity contribution is -0.577. The van der Waals surface area contributed by atoms with Crippen LogP contribution in [0, 0.1) is 23.7 Å². The molecule has 4 aliphatic heterocycles. The van der Waals surface area contributed by atoms with E-state index in [4.69, 9.17) is 28.7 Å². The largest absolute Gasteiger partial charge is 0.495 e. The summed E-state index contributed by atoms with van der Waals surface area (Å²) >= 11 is 0. The summed E-state index contributed by atoms with van der Waals surface area (Å²) in [5, 5.41) is 5.62. The molecule has 4 saturated heterocycles. The smallest absolute Gasteiger partial charge is 0.319 e. The summed E-state index contributed by atoms with van der Waals surface area (Å²) < 4.78 is 24.1. The molecule has 2 N–H and O–H groups in total. The van der Waals surface area contributed by atoms with E-state index in [9.17, 15) is 4.79 Å². The van der Waals surface area contributed by atoms with Gasteiger partial charge in [-0.2, -0.15) is 0 Å². The highest BCUT2D eigenvalue weighted by Gasteiger charge is 2.69. The summed E-state index contributed by atoms with van der Waals surface area (Å²) in [5.74, 6) is 0.950. The van der Waals surface area contributed by atoms with Crippen LogP contribution in [-0.4, -0.2) is 50.3 Å². The third kappa shape index (κ3) is 4.07. The summed E-state index contributed by atoms with van der Waals surface area (Å²) in [6, 6.07) is 6.94. The highest BCUT2D eigenvalue weighted by atomic mass is 17.3. The summed E-state index contributed by atoms with van der Waals surface area (Å²) in [6.45, 7) is 7.02. The van der Waals surface area contributed by atoms with Gasteiger partial charge in [0.15, 0.2) is 18.2 Å². The Morgan fingerprint density at radius 3 is 2.79 bits per heavy atom. The third-order valence-corrected chi connectivity index (χ3v) is 8.12. The molecule has 1 aromatic rings. The molecule has 188 valence electrons. The Bertz CT molecular complexity index is 900. The molecule has 0 unspecified atom stereocenters. The van der Waals surface area contributed by atoms with Crippen molar-refractivity contribution in [3.8, 4) is 5.75 Å². The van der Waals surface area contributed by atoms with Crippen LogP contribution in [0.15, 0.2) is 24.3 Å². The average molecular weight is 477 g/mol. The molecular weight excluding hydrogens is 440 g/mol. The predicted octanol–water partition coefficient (Wildman–Crippen LogP) is 4.04. The van der Waals surface area contributed by atoms with Crippen molar-refractivity contribution >= 4 is 11.7 Å². The minimum atomic E-state index is -0.805. The van der Waals surface area contributed by atoms with Crippen LogP contribution in [0.2, 0.25) is 0 Å². The van der Waals surface area contributed by atoms with E-state index in [2.05, 4.69) is 24.5 Å². The lowest BCUT2D eigenvalue weighted by atomic mass is 9.58. The molecular formula is C25H36N2O7. The van der Waals surface area contributed by atoms with Crippen molar-refractivity contribution in [2.75, 3.05) is 25.6 Å². The molecule has 1 aliphatic carbocycles. The van der Waals surface area contributed by atoms with Crippen molar-refractivity contribution in [3.05, 3.63) is 24.3 Å². The number of methoxy groups -OCH3 is 1. The maximum absolute atomic E-state index is 12.3. The Morgan fingerprint density at radius 2 is 1.97 bits per heavy atom. The Balaban J connectivity index is 1.19. The van der Waals surface area contributed by atoms with Gasteiger partial charge >= 0.3 is 6.03 Å². The highest BCUT2D eigenvalue weighted by molar-refractivity contribution is 5.90. The molecule has 34 heavy (non-hydrogen) atoms. The first kappa shape index (κ1) is 23.8. The van der Waals surface area contributed by atoms with Gasteiger partial charge in [0.25, 0.3) is 0 Å². The van der Waals surface area contributed by atoms with Crippen LogP contribution >= 0.6 is 0 Å². The molecule has 5 aliphatic rings. The van der Waals surface area contributed by atoms with E-state index < -0.39 is 24.0 Å². The zero-order valence-electron chi connectivity index (χ0n) is 20.4. The van der Waals surface area contributed by atoms with Crippen LogP contribution in [0.25, 0.3) is 0 Å². The number of anilines is 1. The van der Waals surface area contributed by atoms with E-state index in [0.717, 1.165) is 25.7 Å². The number of ether oxygens (including phenoxy) is 4. The fourth-order valence-electron chi connectivity index (χ4n) is 6.32. The van der Waals surface area contributed by atoms with Crippen LogP contribution in [-0.2, 0) is 24.0 Å². The molecule has 2 bridgehead atoms. The molecule has 8 atom stereocenters. The van der Waals surface area contributed by atoms with Crippen molar-refractivity contribution in [3.63, 3.8) is 0 Å². The van der Waals surface area contributed by atoms with Crippen molar-refractivity contribution < 1.29 is 33.5 Å². The molecule has 9 nitrogen and oxygen atoms in total. The lowest BCUT2D eigenvalue weighted by Gasteiger charge is -2.60. The Kier molecular flexibility index (Phi) is 6.50. The summed E-state index contributed by atoms with van der Waals surface area (Å²) in [5.41, 5.74) is 0.00938. The number of hydrogen-bond donors (Lipinski definition) is 2. The monoisotopic (exact) mass is 476 g/mol. The SMILES string of the molecule is COc1ccccc1NC(=O)NCCO[C@@H]1O[C@@H]2O[C@]3(C)CC[C@H]4[C@H](C)CC[C@@H]([C@H]1C)[C@@]24OO3. The molecule has 6 rings (SSSR count). The van der Waals surface area contributed by atoms with Crippen LogP contribution in [0.1, 0.15) is 46.5 Å². The predicted molar refractivity (Wildman–Crippen MR) is 123 cm³/mol. The zero-order valence-corrected chi connectivity index (χ0v) is 20.4. The third-order valence-electron chi connectivity index (χ3n) is 8.12. The van der Waals surface area contributed by atoms with Gasteiger partial charge in [0.2, 0.25) is 5.79 Å². The van der Waals surface area contributed by atoms with Crippen LogP contribution < -0.4 is 15.4 Å². The molecule has 1 saturated carbocycles. The van der Waals surface area contributed by atoms with Gasteiger partial charge in [0.1, 0.15) is 5.75 Å². The van der Waals surface area contributed by atoms with Gasteiger partial charge in [-0.3, -0.25) is 0 Å². The average Bonchev–Trinajstić information content (AvgIpc) is 3.06. The van der Waals surface area contributed by atoms with Crippen molar-refractivity contribution in [1.82, 2.24) is 5.32 Å². The van der Waals surface area contributed by atoms with Crippen molar-refractivity contribution in [2.24, 2.45) is 23.7 Å². The van der Waals surface area contributed by atoms with Crippen LogP contribution in [0.5, 0.6) is 5.75 Å². The second-order valence-electron chi connectivity index (χ2n) is 10.2. The van der Waals surface area contributed by atoms with Crippen LogP contribution in [0.3, 0.4) is 0 Å². The minimum absolute atomic E-state index is 0.100. The van der Waals surface area contributed by atoms with Crippen molar-refractivity contribution in [2.45, 2.75) is 70.4 Å². The standard InChI is InChI=1S/C25H36N2O7/c1-15-9-10-18-16(2)21(31-22-25(18)17(15)11-12-24(3,32-22)33-34-25)30-14-13-26-23(28)27-19-7-5-6-8-20(19)29-4/h5-8,15-18,21-22H,9-14H2,1-4H3,(H2,26,27,28)/t15-,16-,17+,18+,21-,22-,24+,25-/m1/s1. The summed E-state index contributed by atoms with van der Waals surface area (Å²) in [4.78, 5) is 24.3. The number of amides is 2. The van der Waals surface area contributed by atoms with Gasteiger partial charge in [-0.25, -0.2) is 14.6 Å². The first-order chi connectivity index (χ1) is 16.4. The molecule has 0 radical (unpaired) electrons. The number of fused-ring (bicyclic) bond motifs is 2. The molecule has 5 fully saturated rings. The fourth-order valence-corrected chi connectivity index (χ4v) is 6.32. The van der Waals surface area contributed by atoms with Crippen molar-refractivity contribution in [1.29, 1.82) is 0 Å². The van der Waals surface area contributed by atoms with Gasteiger partial charge in [-0.1, -0.05) is 26.0 Å². The van der Waals surface area contributed by atoms with Gasteiger partial charge in [-0.05, 0) is 50.2 Å². The second-order valence-corrected chi connectivity index (χ2v) is 10.2. The number of hydrogen-bond acceptors (Lipinski definition) is 7. The number of para-hydroxylation sites is 2. The number of urea groups is 1. The van der Waals surface area contributed by atoms with E-state index in [1.54, 1.807) is 19.2 Å². The van der Waals surface area contributed by atoms with E-state index >= 15 is 0 Å². The summed E-state index contributed by atoms with van der Waals surface area (Å²) in [6.07, 6.45) is 2.96. The minimum Gasteiger partial charge on any atom is -0.495 e. The zero-order chi connectivity index (χ0) is 23.9. The fraction of sp³-hybridized carbons (Fsp3) is 0.720. The van der Waals surface area contributed by atoms with E-state index in [1.165, 1.54) is 0 Å². The molecule has 0 aromatic heterocycles. The number of nitrogens with one attached hydrogen (secondary N) is 2. The number of rotatable bonds is 6. The maximum Gasteiger partial charge on any atom is 0.319 e. The number of carbonyl (C=O) groups excluding carboxylic acids is 1. The van der Waals surface area contributed by atoms with Gasteiger partial charge in [-0.15, -0.1) is 0 Å². The lowest BCUT2D eigenvalue weighted by Crippen LogP contribution is -2.70. The molecule has 9 heteroatoms. The molecule has 1 spiro atoms.